The van der Waals surface area contributed by atoms with Crippen molar-refractivity contribution in [1.29, 1.82) is 0 Å². The first kappa shape index (κ1) is 16.0. The van der Waals surface area contributed by atoms with Crippen LogP contribution in [0.2, 0.25) is 0 Å². The number of nitrogens with one attached hydrogen (secondary N) is 3. The van der Waals surface area contributed by atoms with Crippen LogP contribution in [0.1, 0.15) is 20.8 Å². The Hall–Kier alpha value is -1.08. The number of carbonyl (C=O) groups excluding carboxylic acids is 1. The van der Waals surface area contributed by atoms with Crippen LogP contribution in [0.3, 0.4) is 0 Å². The molecule has 1 saturated heterocycles. The van der Waals surface area contributed by atoms with Gasteiger partial charge in [0.2, 0.25) is 0 Å². The van der Waals surface area contributed by atoms with Gasteiger partial charge in [0, 0.05) is 39.3 Å². The number of hydrogen-bond donors (Lipinski definition) is 3. The van der Waals surface area contributed by atoms with Crippen molar-refractivity contribution in [1.82, 2.24) is 20.9 Å². The largest absolute Gasteiger partial charge is 0.444 e. The smallest absolute Gasteiger partial charge is 0.407 e. The van der Waals surface area contributed by atoms with E-state index in [2.05, 4.69) is 20.9 Å². The van der Waals surface area contributed by atoms with Crippen molar-refractivity contribution in [3.63, 3.8) is 0 Å². The van der Waals surface area contributed by atoms with Crippen molar-refractivity contribution < 1.29 is 9.53 Å². The van der Waals surface area contributed by atoms with Crippen LogP contribution in [-0.2, 0) is 4.74 Å². The topological polar surface area (TPSA) is 65.6 Å². The summed E-state index contributed by atoms with van der Waals surface area (Å²) in [6.07, 6.45) is -0.401. The summed E-state index contributed by atoms with van der Waals surface area (Å²) in [4.78, 5) is 13.5. The maximum absolute atomic E-state index is 11.4. The molecule has 0 spiro atoms. The van der Waals surface area contributed by atoms with E-state index < -0.39 is 11.7 Å². The van der Waals surface area contributed by atoms with Gasteiger partial charge in [-0.05, 0) is 33.0 Å². The minimum Gasteiger partial charge on any atom is -0.444 e. The Kier molecular flexibility index (Phi) is 6.30. The maximum atomic E-state index is 11.4. The quantitative estimate of drug-likeness (QED) is 0.512. The van der Waals surface area contributed by atoms with Crippen LogP contribution in [-0.4, -0.2) is 61.0 Å². The highest BCUT2D eigenvalue weighted by molar-refractivity contribution is 7.80. The molecule has 1 aliphatic rings. The molecule has 7 heteroatoms. The van der Waals surface area contributed by atoms with E-state index in [0.717, 1.165) is 31.3 Å². The number of thiocarbonyl (C=S) groups is 1. The number of rotatable bonds is 3. The van der Waals surface area contributed by atoms with Gasteiger partial charge in [-0.25, -0.2) is 4.79 Å². The van der Waals surface area contributed by atoms with E-state index in [1.165, 1.54) is 0 Å². The lowest BCUT2D eigenvalue weighted by molar-refractivity contribution is 0.0529. The first-order valence-electron chi connectivity index (χ1n) is 6.59. The van der Waals surface area contributed by atoms with E-state index in [9.17, 15) is 4.79 Å². The van der Waals surface area contributed by atoms with Crippen LogP contribution in [0.25, 0.3) is 0 Å². The molecule has 3 N–H and O–H groups in total. The first-order chi connectivity index (χ1) is 8.88. The second-order valence-electron chi connectivity index (χ2n) is 5.40. The lowest BCUT2D eigenvalue weighted by Crippen LogP contribution is -2.51. The first-order valence-corrected chi connectivity index (χ1v) is 7.00. The summed E-state index contributed by atoms with van der Waals surface area (Å²) in [6, 6.07) is 0. The van der Waals surface area contributed by atoms with Gasteiger partial charge in [-0.1, -0.05) is 0 Å². The SMILES string of the molecule is CC(C)(C)OC(=O)NCCNC(=S)N1CCNCC1. The maximum Gasteiger partial charge on any atom is 0.407 e. The van der Waals surface area contributed by atoms with Crippen LogP contribution in [0, 0.1) is 0 Å². The van der Waals surface area contributed by atoms with Crippen LogP contribution < -0.4 is 16.0 Å². The summed E-state index contributed by atoms with van der Waals surface area (Å²) >= 11 is 5.28. The van der Waals surface area contributed by atoms with Crippen molar-refractivity contribution in [3.05, 3.63) is 0 Å². The van der Waals surface area contributed by atoms with E-state index in [4.69, 9.17) is 17.0 Å². The van der Waals surface area contributed by atoms with E-state index in [-0.39, 0.29) is 0 Å². The van der Waals surface area contributed by atoms with Gasteiger partial charge in [-0.15, -0.1) is 0 Å². The molecule has 0 aliphatic carbocycles. The molecule has 0 aromatic carbocycles. The molecule has 0 radical (unpaired) electrons. The summed E-state index contributed by atoms with van der Waals surface area (Å²) in [5.74, 6) is 0. The zero-order chi connectivity index (χ0) is 14.3. The van der Waals surface area contributed by atoms with Crippen LogP contribution in [0.5, 0.6) is 0 Å². The standard InChI is InChI=1S/C12H24N4O2S/c1-12(2,3)18-11(17)15-5-4-14-10(19)16-8-6-13-7-9-16/h13H,4-9H2,1-3H3,(H,14,19)(H,15,17). The monoisotopic (exact) mass is 288 g/mol. The average Bonchev–Trinajstić information content (AvgIpc) is 2.33. The highest BCUT2D eigenvalue weighted by atomic mass is 32.1. The van der Waals surface area contributed by atoms with Crippen molar-refractivity contribution in [2.24, 2.45) is 0 Å². The number of alkyl carbamates (subject to hydrolysis) is 1. The van der Waals surface area contributed by atoms with Gasteiger partial charge in [-0.3, -0.25) is 0 Å². The second-order valence-corrected chi connectivity index (χ2v) is 5.78. The Balaban J connectivity index is 2.10. The average molecular weight is 288 g/mol. The van der Waals surface area contributed by atoms with Gasteiger partial charge < -0.3 is 25.6 Å². The van der Waals surface area contributed by atoms with Crippen molar-refractivity contribution in [2.45, 2.75) is 26.4 Å². The third-order valence-corrected chi connectivity index (χ3v) is 2.88. The number of carbonyl (C=O) groups is 1. The molecule has 1 heterocycles. The molecule has 0 atom stereocenters. The molecule has 0 aromatic rings. The fourth-order valence-electron chi connectivity index (χ4n) is 1.63. The van der Waals surface area contributed by atoms with E-state index in [1.54, 1.807) is 0 Å². The number of amides is 1. The molecule has 1 aliphatic heterocycles. The summed E-state index contributed by atoms with van der Waals surface area (Å²) in [6.45, 7) is 10.4. The molecule has 6 nitrogen and oxygen atoms in total. The summed E-state index contributed by atoms with van der Waals surface area (Å²) in [5, 5.41) is 9.83. The predicted octanol–water partition coefficient (Wildman–Crippen LogP) is 0.291. The lowest BCUT2D eigenvalue weighted by Gasteiger charge is -2.30. The Bertz CT molecular complexity index is 311. The Labute approximate surface area is 120 Å². The van der Waals surface area contributed by atoms with Gasteiger partial charge in [-0.2, -0.15) is 0 Å². The third-order valence-electron chi connectivity index (χ3n) is 2.47. The number of nitrogens with zero attached hydrogens (tertiary/aromatic N) is 1. The third kappa shape index (κ3) is 7.17. The fraction of sp³-hybridized carbons (Fsp3) is 0.833. The minimum atomic E-state index is -0.465. The second kappa shape index (κ2) is 7.49. The fourth-order valence-corrected chi connectivity index (χ4v) is 1.91. The molecule has 110 valence electrons. The Morgan fingerprint density at radius 3 is 2.42 bits per heavy atom. The number of piperazine rings is 1. The molecule has 0 aromatic heterocycles. The van der Waals surface area contributed by atoms with Gasteiger partial charge in [0.05, 0.1) is 0 Å². The molecule has 1 rings (SSSR count). The summed E-state index contributed by atoms with van der Waals surface area (Å²) in [5.41, 5.74) is -0.465. The molecule has 0 bridgehead atoms. The van der Waals surface area contributed by atoms with Crippen molar-refractivity contribution in [3.8, 4) is 0 Å². The van der Waals surface area contributed by atoms with Crippen LogP contribution >= 0.6 is 12.2 Å². The Morgan fingerprint density at radius 2 is 1.84 bits per heavy atom. The van der Waals surface area contributed by atoms with Gasteiger partial charge in [0.15, 0.2) is 5.11 Å². The van der Waals surface area contributed by atoms with Gasteiger partial charge >= 0.3 is 6.09 Å². The molecular formula is C12H24N4O2S. The summed E-state index contributed by atoms with van der Waals surface area (Å²) in [7, 11) is 0. The zero-order valence-electron chi connectivity index (χ0n) is 11.9. The molecule has 0 unspecified atom stereocenters. The zero-order valence-corrected chi connectivity index (χ0v) is 12.7. The highest BCUT2D eigenvalue weighted by Crippen LogP contribution is 2.05. The van der Waals surface area contributed by atoms with E-state index in [1.807, 2.05) is 20.8 Å². The van der Waals surface area contributed by atoms with E-state index in [0.29, 0.717) is 13.1 Å². The van der Waals surface area contributed by atoms with Crippen LogP contribution in [0.15, 0.2) is 0 Å². The normalized spacial score (nSPS) is 15.8. The molecular weight excluding hydrogens is 264 g/mol. The van der Waals surface area contributed by atoms with Crippen LogP contribution in [0.4, 0.5) is 4.79 Å². The van der Waals surface area contributed by atoms with Gasteiger partial charge in [0.25, 0.3) is 0 Å². The van der Waals surface area contributed by atoms with E-state index >= 15 is 0 Å². The summed E-state index contributed by atoms with van der Waals surface area (Å²) < 4.78 is 5.13. The molecule has 19 heavy (non-hydrogen) atoms. The molecule has 0 saturated carbocycles. The molecule has 1 fully saturated rings. The van der Waals surface area contributed by atoms with Crippen molar-refractivity contribution in [2.75, 3.05) is 39.3 Å². The van der Waals surface area contributed by atoms with Gasteiger partial charge in [0.1, 0.15) is 5.60 Å². The minimum absolute atomic E-state index is 0.401. The number of hydrogen-bond acceptors (Lipinski definition) is 4. The van der Waals surface area contributed by atoms with Crippen molar-refractivity contribution >= 4 is 23.4 Å². The number of ether oxygens (including phenoxy) is 1. The highest BCUT2D eigenvalue weighted by Gasteiger charge is 2.16. The predicted molar refractivity (Wildman–Crippen MR) is 79.3 cm³/mol. The lowest BCUT2D eigenvalue weighted by atomic mass is 10.2. The molecule has 1 amide bonds. The Morgan fingerprint density at radius 1 is 1.26 bits per heavy atom.